The van der Waals surface area contributed by atoms with E-state index in [2.05, 4.69) is 18.8 Å². The molecule has 2 heteroatoms. The standard InChI is InChI=1S/C8H15NO/c1-6(2)4-8-5-10-7(3)9-8/h6,8H,4-5H2,1-3H3/t8-/m0/s1. The summed E-state index contributed by atoms with van der Waals surface area (Å²) in [6.07, 6.45) is 1.15. The molecule has 0 aromatic rings. The van der Waals surface area contributed by atoms with E-state index in [-0.39, 0.29) is 0 Å². The van der Waals surface area contributed by atoms with Crippen LogP contribution in [0.5, 0.6) is 0 Å². The predicted molar refractivity (Wildman–Crippen MR) is 42.3 cm³/mol. The summed E-state index contributed by atoms with van der Waals surface area (Å²) in [6, 6.07) is 0.431. The molecule has 0 amide bonds. The van der Waals surface area contributed by atoms with Crippen molar-refractivity contribution in [2.75, 3.05) is 6.61 Å². The molecule has 2 nitrogen and oxygen atoms in total. The van der Waals surface area contributed by atoms with Crippen LogP contribution in [0.4, 0.5) is 0 Å². The number of hydrogen-bond donors (Lipinski definition) is 0. The molecule has 0 unspecified atom stereocenters. The van der Waals surface area contributed by atoms with Gasteiger partial charge in [-0.2, -0.15) is 0 Å². The summed E-state index contributed by atoms with van der Waals surface area (Å²) in [5.41, 5.74) is 0. The smallest absolute Gasteiger partial charge is 0.180 e. The summed E-state index contributed by atoms with van der Waals surface area (Å²) in [7, 11) is 0. The Labute approximate surface area is 62.3 Å². The first kappa shape index (κ1) is 7.58. The maximum Gasteiger partial charge on any atom is 0.180 e. The molecule has 1 atom stereocenters. The van der Waals surface area contributed by atoms with Crippen LogP contribution in [0.2, 0.25) is 0 Å². The van der Waals surface area contributed by atoms with E-state index in [4.69, 9.17) is 4.74 Å². The Kier molecular flexibility index (Phi) is 2.30. The first-order valence-electron chi connectivity index (χ1n) is 3.85. The quantitative estimate of drug-likeness (QED) is 0.575. The van der Waals surface area contributed by atoms with Crippen LogP contribution in [0.1, 0.15) is 27.2 Å². The monoisotopic (exact) mass is 141 g/mol. The minimum atomic E-state index is 0.431. The molecule has 0 spiro atoms. The second-order valence-electron chi connectivity index (χ2n) is 3.24. The van der Waals surface area contributed by atoms with Gasteiger partial charge in [-0.3, -0.25) is 0 Å². The van der Waals surface area contributed by atoms with Crippen molar-refractivity contribution in [1.29, 1.82) is 0 Å². The van der Waals surface area contributed by atoms with Gasteiger partial charge in [-0.25, -0.2) is 4.99 Å². The largest absolute Gasteiger partial charge is 0.479 e. The summed E-state index contributed by atoms with van der Waals surface area (Å²) < 4.78 is 5.22. The fourth-order valence-electron chi connectivity index (χ4n) is 1.21. The summed E-state index contributed by atoms with van der Waals surface area (Å²) in [6.45, 7) is 7.14. The normalized spacial score (nSPS) is 24.8. The SMILES string of the molecule is CC1=N[C@@H](CC(C)C)CO1. The minimum Gasteiger partial charge on any atom is -0.479 e. The van der Waals surface area contributed by atoms with Crippen LogP contribution in [0, 0.1) is 5.92 Å². The molecule has 58 valence electrons. The van der Waals surface area contributed by atoms with Crippen molar-refractivity contribution in [2.24, 2.45) is 10.9 Å². The van der Waals surface area contributed by atoms with E-state index in [0.717, 1.165) is 24.8 Å². The molecule has 0 bridgehead atoms. The highest BCUT2D eigenvalue weighted by atomic mass is 16.5. The summed E-state index contributed by atoms with van der Waals surface area (Å²) in [4.78, 5) is 4.32. The first-order chi connectivity index (χ1) is 4.68. The minimum absolute atomic E-state index is 0.431. The van der Waals surface area contributed by atoms with Crippen molar-refractivity contribution >= 4 is 5.90 Å². The van der Waals surface area contributed by atoms with Crippen LogP contribution < -0.4 is 0 Å². The fourth-order valence-corrected chi connectivity index (χ4v) is 1.21. The van der Waals surface area contributed by atoms with E-state index in [1.807, 2.05) is 6.92 Å². The van der Waals surface area contributed by atoms with Gasteiger partial charge in [-0.1, -0.05) is 13.8 Å². The average molecular weight is 141 g/mol. The predicted octanol–water partition coefficient (Wildman–Crippen LogP) is 1.85. The Morgan fingerprint density at radius 2 is 2.40 bits per heavy atom. The first-order valence-corrected chi connectivity index (χ1v) is 3.85. The lowest BCUT2D eigenvalue weighted by atomic mass is 10.1. The Morgan fingerprint density at radius 1 is 1.70 bits per heavy atom. The molecule has 0 radical (unpaired) electrons. The molecule has 1 rings (SSSR count). The summed E-state index contributed by atoms with van der Waals surface area (Å²) >= 11 is 0. The fraction of sp³-hybridized carbons (Fsp3) is 0.875. The molecule has 0 aliphatic carbocycles. The second-order valence-corrected chi connectivity index (χ2v) is 3.24. The highest BCUT2D eigenvalue weighted by Gasteiger charge is 2.16. The van der Waals surface area contributed by atoms with Crippen molar-refractivity contribution in [2.45, 2.75) is 33.2 Å². The molecule has 10 heavy (non-hydrogen) atoms. The number of hydrogen-bond acceptors (Lipinski definition) is 2. The molecule has 0 aromatic heterocycles. The number of rotatable bonds is 2. The van der Waals surface area contributed by atoms with Gasteiger partial charge in [0.25, 0.3) is 0 Å². The van der Waals surface area contributed by atoms with Crippen LogP contribution >= 0.6 is 0 Å². The number of nitrogens with zero attached hydrogens (tertiary/aromatic N) is 1. The van der Waals surface area contributed by atoms with Crippen molar-refractivity contribution in [1.82, 2.24) is 0 Å². The average Bonchev–Trinajstić information content (AvgIpc) is 2.13. The van der Waals surface area contributed by atoms with Gasteiger partial charge in [0.15, 0.2) is 5.90 Å². The zero-order chi connectivity index (χ0) is 7.56. The van der Waals surface area contributed by atoms with Crippen LogP contribution in [0.15, 0.2) is 4.99 Å². The van der Waals surface area contributed by atoms with Crippen LogP contribution in [0.25, 0.3) is 0 Å². The lowest BCUT2D eigenvalue weighted by molar-refractivity contribution is 0.299. The molecule has 0 aromatic carbocycles. The molecule has 0 saturated carbocycles. The van der Waals surface area contributed by atoms with Crippen molar-refractivity contribution in [3.8, 4) is 0 Å². The van der Waals surface area contributed by atoms with Gasteiger partial charge in [0.2, 0.25) is 0 Å². The van der Waals surface area contributed by atoms with Gasteiger partial charge in [-0.15, -0.1) is 0 Å². The van der Waals surface area contributed by atoms with E-state index < -0.39 is 0 Å². The van der Waals surface area contributed by atoms with Crippen molar-refractivity contribution in [3.63, 3.8) is 0 Å². The third-order valence-corrected chi connectivity index (χ3v) is 1.59. The Bertz CT molecular complexity index is 140. The summed E-state index contributed by atoms with van der Waals surface area (Å²) in [5.74, 6) is 1.58. The molecule has 1 aliphatic rings. The highest BCUT2D eigenvalue weighted by Crippen LogP contribution is 2.13. The molecule has 1 aliphatic heterocycles. The number of ether oxygens (including phenoxy) is 1. The van der Waals surface area contributed by atoms with Gasteiger partial charge in [0.05, 0.1) is 6.04 Å². The van der Waals surface area contributed by atoms with E-state index in [0.29, 0.717) is 6.04 Å². The lowest BCUT2D eigenvalue weighted by Crippen LogP contribution is -2.09. The Balaban J connectivity index is 2.31. The molecular formula is C8H15NO. The van der Waals surface area contributed by atoms with Gasteiger partial charge in [0, 0.05) is 6.92 Å². The third kappa shape index (κ3) is 2.01. The molecule has 1 heterocycles. The molecule has 0 saturated heterocycles. The zero-order valence-electron chi connectivity index (χ0n) is 6.92. The highest BCUT2D eigenvalue weighted by molar-refractivity contribution is 5.74. The van der Waals surface area contributed by atoms with Crippen LogP contribution in [0.3, 0.4) is 0 Å². The molecular weight excluding hydrogens is 126 g/mol. The van der Waals surface area contributed by atoms with E-state index in [9.17, 15) is 0 Å². The third-order valence-electron chi connectivity index (χ3n) is 1.59. The molecule has 0 fully saturated rings. The van der Waals surface area contributed by atoms with Crippen LogP contribution in [-0.4, -0.2) is 18.5 Å². The van der Waals surface area contributed by atoms with E-state index in [1.54, 1.807) is 0 Å². The van der Waals surface area contributed by atoms with Gasteiger partial charge >= 0.3 is 0 Å². The van der Waals surface area contributed by atoms with Crippen LogP contribution in [-0.2, 0) is 4.74 Å². The van der Waals surface area contributed by atoms with E-state index >= 15 is 0 Å². The summed E-state index contributed by atoms with van der Waals surface area (Å²) in [5, 5.41) is 0. The van der Waals surface area contributed by atoms with Crippen molar-refractivity contribution in [3.05, 3.63) is 0 Å². The van der Waals surface area contributed by atoms with Gasteiger partial charge in [0.1, 0.15) is 6.61 Å². The topological polar surface area (TPSA) is 21.6 Å². The maximum atomic E-state index is 5.22. The number of aliphatic imine (C=N–C) groups is 1. The Hall–Kier alpha value is -0.530. The molecule has 0 N–H and O–H groups in total. The van der Waals surface area contributed by atoms with Crippen molar-refractivity contribution < 1.29 is 4.74 Å². The maximum absolute atomic E-state index is 5.22. The lowest BCUT2D eigenvalue weighted by Gasteiger charge is -2.06. The van der Waals surface area contributed by atoms with Gasteiger partial charge in [-0.05, 0) is 12.3 Å². The van der Waals surface area contributed by atoms with E-state index in [1.165, 1.54) is 0 Å². The zero-order valence-corrected chi connectivity index (χ0v) is 6.92. The Morgan fingerprint density at radius 3 is 2.80 bits per heavy atom. The van der Waals surface area contributed by atoms with Gasteiger partial charge < -0.3 is 4.74 Å². The second kappa shape index (κ2) is 3.04.